The molecule has 38 heavy (non-hydrogen) atoms. The average molecular weight is 574 g/mol. The SMILES string of the molecule is Cc1cc(C)cc(CC(=O)N2CCC2(C)C(=O)N(Cc2ccc(Cl)cc2)C(N)C(=O)S(=O)(=O)C(F)(F)F)c1. The Balaban J connectivity index is 1.93. The van der Waals surface area contributed by atoms with E-state index in [1.165, 1.54) is 36.1 Å². The molecule has 1 fully saturated rings. The van der Waals surface area contributed by atoms with E-state index in [1.54, 1.807) is 0 Å². The van der Waals surface area contributed by atoms with E-state index in [9.17, 15) is 36.0 Å². The fraction of sp³-hybridized carbons (Fsp3) is 0.400. The van der Waals surface area contributed by atoms with Gasteiger partial charge in [0.15, 0.2) is 6.17 Å². The highest BCUT2D eigenvalue weighted by molar-refractivity contribution is 8.07. The maximum absolute atomic E-state index is 13.7. The highest BCUT2D eigenvalue weighted by atomic mass is 35.5. The highest BCUT2D eigenvalue weighted by Gasteiger charge is 2.56. The number of alkyl halides is 3. The standard InChI is InChI=1S/C25H27ClF3N3O5S/c1-15-10-16(2)12-18(11-15)13-20(33)32-9-8-24(32,3)23(35)31(14-17-4-6-19(26)7-5-17)21(30)22(34)38(36,37)25(27,28)29/h4-7,10-12,21H,8-9,13-14,30H2,1-3H3. The van der Waals surface area contributed by atoms with Crippen molar-refractivity contribution in [3.8, 4) is 0 Å². The molecule has 2 unspecified atom stereocenters. The Kier molecular flexibility index (Phi) is 8.30. The van der Waals surface area contributed by atoms with Crippen molar-refractivity contribution >= 4 is 38.4 Å². The van der Waals surface area contributed by atoms with Crippen molar-refractivity contribution < 1.29 is 36.0 Å². The second-order valence-corrected chi connectivity index (χ2v) is 11.8. The van der Waals surface area contributed by atoms with Crippen molar-refractivity contribution in [3.05, 3.63) is 69.7 Å². The van der Waals surface area contributed by atoms with Crippen LogP contribution in [0.15, 0.2) is 42.5 Å². The summed E-state index contributed by atoms with van der Waals surface area (Å²) in [7, 11) is -6.33. The average Bonchev–Trinajstić information content (AvgIpc) is 2.79. The largest absolute Gasteiger partial charge is 0.504 e. The molecular weight excluding hydrogens is 547 g/mol. The van der Waals surface area contributed by atoms with Gasteiger partial charge in [0.25, 0.3) is 5.12 Å². The Morgan fingerprint density at radius 3 is 2.11 bits per heavy atom. The molecule has 0 saturated carbocycles. The Morgan fingerprint density at radius 1 is 1.08 bits per heavy atom. The first-order valence-electron chi connectivity index (χ1n) is 11.5. The van der Waals surface area contributed by atoms with E-state index < -0.39 is 50.5 Å². The van der Waals surface area contributed by atoms with Crippen LogP contribution in [0.1, 0.15) is 35.6 Å². The molecule has 1 aliphatic rings. The molecule has 0 spiro atoms. The molecule has 1 saturated heterocycles. The molecule has 13 heteroatoms. The van der Waals surface area contributed by atoms with Gasteiger partial charge in [0.2, 0.25) is 11.8 Å². The Labute approximate surface area is 223 Å². The fourth-order valence-electron chi connectivity index (χ4n) is 4.42. The zero-order valence-electron chi connectivity index (χ0n) is 20.9. The summed E-state index contributed by atoms with van der Waals surface area (Å²) in [6.45, 7) is 4.85. The van der Waals surface area contributed by atoms with Gasteiger partial charge in [-0.15, -0.1) is 0 Å². The number of sulfone groups is 1. The van der Waals surface area contributed by atoms with Crippen molar-refractivity contribution in [1.29, 1.82) is 0 Å². The molecule has 2 N–H and O–H groups in total. The van der Waals surface area contributed by atoms with Crippen molar-refractivity contribution in [2.75, 3.05) is 6.54 Å². The monoisotopic (exact) mass is 573 g/mol. The number of halogens is 4. The Hall–Kier alpha value is -2.96. The van der Waals surface area contributed by atoms with E-state index in [0.717, 1.165) is 16.7 Å². The number of nitrogens with two attached hydrogens (primary N) is 1. The molecule has 2 atom stereocenters. The van der Waals surface area contributed by atoms with Gasteiger partial charge in [-0.3, -0.25) is 14.4 Å². The minimum absolute atomic E-state index is 0.0317. The molecule has 1 aliphatic heterocycles. The number of aryl methyl sites for hydroxylation is 2. The Bertz CT molecular complexity index is 1350. The predicted octanol–water partition coefficient (Wildman–Crippen LogP) is 3.27. The number of likely N-dealkylation sites (tertiary alicyclic amines) is 1. The summed E-state index contributed by atoms with van der Waals surface area (Å²) in [5, 5.41) is -2.04. The lowest BCUT2D eigenvalue weighted by Gasteiger charge is -2.51. The van der Waals surface area contributed by atoms with Crippen LogP contribution in [-0.4, -0.2) is 58.9 Å². The molecule has 2 amide bonds. The van der Waals surface area contributed by atoms with Crippen LogP contribution in [0.5, 0.6) is 0 Å². The number of carbonyl (C=O) groups excluding carboxylic acids is 3. The summed E-state index contributed by atoms with van der Waals surface area (Å²) in [4.78, 5) is 41.1. The summed E-state index contributed by atoms with van der Waals surface area (Å²) in [6.07, 6.45) is -2.37. The van der Waals surface area contributed by atoms with Crippen molar-refractivity contribution in [3.63, 3.8) is 0 Å². The molecule has 0 aromatic heterocycles. The van der Waals surface area contributed by atoms with Gasteiger partial charge in [0.05, 0.1) is 6.42 Å². The number of carbonyl (C=O) groups is 3. The van der Waals surface area contributed by atoms with Crippen LogP contribution in [0.2, 0.25) is 5.02 Å². The number of hydrogen-bond donors (Lipinski definition) is 1. The third kappa shape index (κ3) is 5.87. The number of rotatable bonds is 7. The molecule has 0 aliphatic carbocycles. The minimum Gasteiger partial charge on any atom is -0.328 e. The van der Waals surface area contributed by atoms with E-state index in [0.29, 0.717) is 15.5 Å². The second-order valence-electron chi connectivity index (χ2n) is 9.51. The highest BCUT2D eigenvalue weighted by Crippen LogP contribution is 2.35. The number of benzene rings is 2. The summed E-state index contributed by atoms with van der Waals surface area (Å²) in [6, 6.07) is 11.4. The summed E-state index contributed by atoms with van der Waals surface area (Å²) in [5.41, 5.74) is 1.20. The van der Waals surface area contributed by atoms with E-state index in [1.807, 2.05) is 32.0 Å². The van der Waals surface area contributed by atoms with Crippen LogP contribution < -0.4 is 5.73 Å². The van der Waals surface area contributed by atoms with Crippen LogP contribution in [0.25, 0.3) is 0 Å². The molecule has 206 valence electrons. The molecule has 2 aromatic rings. The van der Waals surface area contributed by atoms with Crippen LogP contribution in [0.4, 0.5) is 13.2 Å². The lowest BCUT2D eigenvalue weighted by Crippen LogP contribution is -2.70. The third-order valence-electron chi connectivity index (χ3n) is 6.49. The molecule has 1 heterocycles. The number of nitrogens with zero attached hydrogens (tertiary/aromatic N) is 2. The molecule has 3 rings (SSSR count). The summed E-state index contributed by atoms with van der Waals surface area (Å²) < 4.78 is 62.9. The van der Waals surface area contributed by atoms with E-state index in [4.69, 9.17) is 17.3 Å². The smallest absolute Gasteiger partial charge is 0.328 e. The zero-order valence-corrected chi connectivity index (χ0v) is 22.5. The van der Waals surface area contributed by atoms with E-state index in [-0.39, 0.29) is 19.4 Å². The second kappa shape index (κ2) is 10.7. The van der Waals surface area contributed by atoms with Gasteiger partial charge in [-0.25, -0.2) is 8.42 Å². The lowest BCUT2D eigenvalue weighted by atomic mass is 9.84. The van der Waals surface area contributed by atoms with Crippen LogP contribution in [-0.2, 0) is 37.2 Å². The van der Waals surface area contributed by atoms with Crippen molar-refractivity contribution in [1.82, 2.24) is 9.80 Å². The molecule has 8 nitrogen and oxygen atoms in total. The first kappa shape index (κ1) is 29.6. The van der Waals surface area contributed by atoms with E-state index >= 15 is 0 Å². The topological polar surface area (TPSA) is 118 Å². The maximum Gasteiger partial charge on any atom is 0.504 e. The number of hydrogen-bond acceptors (Lipinski definition) is 6. The lowest BCUT2D eigenvalue weighted by molar-refractivity contribution is -0.166. The van der Waals surface area contributed by atoms with Gasteiger partial charge in [0.1, 0.15) is 5.54 Å². The van der Waals surface area contributed by atoms with Crippen LogP contribution in [0, 0.1) is 13.8 Å². The van der Waals surface area contributed by atoms with Crippen molar-refractivity contribution in [2.24, 2.45) is 5.73 Å². The fourth-order valence-corrected chi connectivity index (χ4v) is 5.21. The minimum atomic E-state index is -6.33. The van der Waals surface area contributed by atoms with Gasteiger partial charge in [-0.2, -0.15) is 13.2 Å². The van der Waals surface area contributed by atoms with Gasteiger partial charge < -0.3 is 15.5 Å². The summed E-state index contributed by atoms with van der Waals surface area (Å²) >= 11 is 5.87. The molecule has 0 radical (unpaired) electrons. The molecular formula is C25H27ClF3N3O5S. The molecule has 0 bridgehead atoms. The maximum atomic E-state index is 13.7. The normalized spacial score (nSPS) is 18.5. The van der Waals surface area contributed by atoms with E-state index in [2.05, 4.69) is 0 Å². The third-order valence-corrected chi connectivity index (χ3v) is 8.12. The Morgan fingerprint density at radius 2 is 1.63 bits per heavy atom. The predicted molar refractivity (Wildman–Crippen MR) is 134 cm³/mol. The van der Waals surface area contributed by atoms with Gasteiger partial charge >= 0.3 is 15.3 Å². The first-order valence-corrected chi connectivity index (χ1v) is 13.4. The van der Waals surface area contributed by atoms with Gasteiger partial charge in [0, 0.05) is 18.1 Å². The quantitative estimate of drug-likeness (QED) is 0.508. The number of amides is 2. The first-order chi connectivity index (χ1) is 17.5. The van der Waals surface area contributed by atoms with Crippen LogP contribution in [0.3, 0.4) is 0 Å². The zero-order chi connectivity index (χ0) is 28.6. The molecule has 2 aromatic carbocycles. The van der Waals surface area contributed by atoms with Gasteiger partial charge in [-0.1, -0.05) is 53.1 Å². The summed E-state index contributed by atoms with van der Waals surface area (Å²) in [5.74, 6) is -1.36. The van der Waals surface area contributed by atoms with Crippen molar-refractivity contribution in [2.45, 2.75) is 57.4 Å². The van der Waals surface area contributed by atoms with Crippen LogP contribution >= 0.6 is 11.6 Å². The van der Waals surface area contributed by atoms with Gasteiger partial charge in [-0.05, 0) is 50.5 Å².